The molecule has 0 fully saturated rings. The van der Waals surface area contributed by atoms with Crippen molar-refractivity contribution in [2.75, 3.05) is 0 Å². The monoisotopic (exact) mass is 244 g/mol. The number of allylic oxidation sites excluding steroid dienone is 3. The lowest BCUT2D eigenvalue weighted by Crippen LogP contribution is -2.17. The molecule has 0 N–H and O–H groups in total. The summed E-state index contributed by atoms with van der Waals surface area (Å²) in [5.41, 5.74) is 7.11. The molecule has 2 aromatic carbocycles. The molecule has 0 saturated heterocycles. The summed E-state index contributed by atoms with van der Waals surface area (Å²) in [6, 6.07) is 17.6. The second-order valence-electron chi connectivity index (χ2n) is 5.48. The van der Waals surface area contributed by atoms with Crippen molar-refractivity contribution < 1.29 is 0 Å². The molecule has 0 spiro atoms. The van der Waals surface area contributed by atoms with E-state index in [1.165, 1.54) is 27.8 Å². The van der Waals surface area contributed by atoms with Gasteiger partial charge in [0.15, 0.2) is 0 Å². The predicted octanol–water partition coefficient (Wildman–Crippen LogP) is 5.00. The largest absolute Gasteiger partial charge is 0.0755 e. The van der Waals surface area contributed by atoms with Crippen LogP contribution in [0.15, 0.2) is 60.7 Å². The Labute approximate surface area is 114 Å². The Balaban J connectivity index is 1.95. The number of hydrogen-bond donors (Lipinski definition) is 0. The third-order valence-corrected chi connectivity index (χ3v) is 4.40. The molecule has 2 aliphatic rings. The smallest absolute Gasteiger partial charge is 0.0134 e. The minimum Gasteiger partial charge on any atom is -0.0755 e. The lowest BCUT2D eigenvalue weighted by atomic mass is 9.70. The zero-order valence-corrected chi connectivity index (χ0v) is 11.0. The Kier molecular flexibility index (Phi) is 2.25. The van der Waals surface area contributed by atoms with Gasteiger partial charge in [-0.25, -0.2) is 0 Å². The Morgan fingerprint density at radius 2 is 1.53 bits per heavy atom. The average Bonchev–Trinajstić information content (AvgIpc) is 2.47. The predicted molar refractivity (Wildman–Crippen MR) is 81.1 cm³/mol. The molecule has 2 aromatic rings. The maximum atomic E-state index is 2.44. The second-order valence-corrected chi connectivity index (χ2v) is 5.48. The normalized spacial score (nSPS) is 23.1. The van der Waals surface area contributed by atoms with Gasteiger partial charge in [0.25, 0.3) is 0 Å². The van der Waals surface area contributed by atoms with Crippen LogP contribution in [-0.2, 0) is 0 Å². The molecule has 92 valence electrons. The van der Waals surface area contributed by atoms with Gasteiger partial charge in [-0.15, -0.1) is 0 Å². The van der Waals surface area contributed by atoms with Crippen molar-refractivity contribution in [3.8, 4) is 0 Å². The van der Waals surface area contributed by atoms with E-state index < -0.39 is 0 Å². The fourth-order valence-electron chi connectivity index (χ4n) is 3.48. The van der Waals surface area contributed by atoms with Crippen molar-refractivity contribution >= 4 is 11.6 Å². The molecule has 0 aliphatic heterocycles. The minimum absolute atomic E-state index is 0.495. The first-order valence-electron chi connectivity index (χ1n) is 6.89. The molecule has 2 unspecified atom stereocenters. The first-order chi connectivity index (χ1) is 9.34. The zero-order valence-electron chi connectivity index (χ0n) is 11.0. The van der Waals surface area contributed by atoms with Crippen LogP contribution >= 0.6 is 0 Å². The summed E-state index contributed by atoms with van der Waals surface area (Å²) in [5.74, 6) is 0.992. The third-order valence-electron chi connectivity index (χ3n) is 4.40. The highest BCUT2D eigenvalue weighted by molar-refractivity contribution is 5.75. The van der Waals surface area contributed by atoms with E-state index in [1.807, 2.05) is 0 Å². The van der Waals surface area contributed by atoms with Crippen LogP contribution in [0.25, 0.3) is 11.6 Å². The topological polar surface area (TPSA) is 0 Å². The van der Waals surface area contributed by atoms with E-state index >= 15 is 0 Å². The van der Waals surface area contributed by atoms with E-state index in [-0.39, 0.29) is 0 Å². The van der Waals surface area contributed by atoms with Crippen molar-refractivity contribution in [2.24, 2.45) is 0 Å². The zero-order chi connectivity index (χ0) is 12.8. The summed E-state index contributed by atoms with van der Waals surface area (Å²) in [6.07, 6.45) is 7.09. The van der Waals surface area contributed by atoms with Crippen LogP contribution < -0.4 is 0 Å². The van der Waals surface area contributed by atoms with Gasteiger partial charge in [0, 0.05) is 11.8 Å². The van der Waals surface area contributed by atoms with Crippen molar-refractivity contribution in [1.82, 2.24) is 0 Å². The van der Waals surface area contributed by atoms with Crippen molar-refractivity contribution in [2.45, 2.75) is 18.8 Å². The lowest BCUT2D eigenvalue weighted by Gasteiger charge is -2.33. The van der Waals surface area contributed by atoms with Gasteiger partial charge in [0.2, 0.25) is 0 Å². The highest BCUT2D eigenvalue weighted by Gasteiger charge is 2.30. The van der Waals surface area contributed by atoms with Gasteiger partial charge in [-0.1, -0.05) is 66.8 Å². The van der Waals surface area contributed by atoms with Crippen LogP contribution in [0.5, 0.6) is 0 Å². The lowest BCUT2D eigenvalue weighted by molar-refractivity contribution is 0.718. The van der Waals surface area contributed by atoms with E-state index in [2.05, 4.69) is 73.7 Å². The van der Waals surface area contributed by atoms with Gasteiger partial charge < -0.3 is 0 Å². The van der Waals surface area contributed by atoms with Gasteiger partial charge in [-0.2, -0.15) is 0 Å². The van der Waals surface area contributed by atoms with Crippen molar-refractivity contribution in [3.63, 3.8) is 0 Å². The molecule has 2 aliphatic carbocycles. The molecule has 0 heteroatoms. The summed E-state index contributed by atoms with van der Waals surface area (Å²) in [4.78, 5) is 0. The van der Waals surface area contributed by atoms with Crippen LogP contribution in [0.2, 0.25) is 0 Å². The maximum absolute atomic E-state index is 2.44. The van der Waals surface area contributed by atoms with Gasteiger partial charge >= 0.3 is 0 Å². The van der Waals surface area contributed by atoms with Crippen LogP contribution in [-0.4, -0.2) is 0 Å². The third kappa shape index (κ3) is 1.53. The quantitative estimate of drug-likeness (QED) is 0.612. The maximum Gasteiger partial charge on any atom is 0.0134 e. The molecule has 0 heterocycles. The molecular formula is C19H16. The number of hydrogen-bond acceptors (Lipinski definition) is 0. The molecule has 4 rings (SSSR count). The Morgan fingerprint density at radius 1 is 0.789 bits per heavy atom. The van der Waals surface area contributed by atoms with E-state index in [1.54, 1.807) is 0 Å². The number of fused-ring (bicyclic) bond motifs is 5. The fourth-order valence-corrected chi connectivity index (χ4v) is 3.48. The highest BCUT2D eigenvalue weighted by atomic mass is 14.3. The summed E-state index contributed by atoms with van der Waals surface area (Å²) < 4.78 is 0. The Bertz CT molecular complexity index is 703. The molecular weight excluding hydrogens is 228 g/mol. The highest BCUT2D eigenvalue weighted by Crippen LogP contribution is 2.47. The number of rotatable bonds is 0. The second kappa shape index (κ2) is 3.96. The summed E-state index contributed by atoms with van der Waals surface area (Å²) in [7, 11) is 0. The van der Waals surface area contributed by atoms with E-state index in [4.69, 9.17) is 0 Å². The Hall–Kier alpha value is -2.08. The van der Waals surface area contributed by atoms with Gasteiger partial charge in [-0.05, 0) is 34.8 Å². The standard InChI is InChI=1S/C19H16/c1-13-12-19-16-8-3-2-6-14(16)10-11-18(19)17-9-5-4-7-15(13)17/h2-12,18-19H,1H3. The van der Waals surface area contributed by atoms with Crippen LogP contribution in [0, 0.1) is 0 Å². The summed E-state index contributed by atoms with van der Waals surface area (Å²) in [6.45, 7) is 2.23. The van der Waals surface area contributed by atoms with Gasteiger partial charge in [0.05, 0.1) is 0 Å². The SMILES string of the molecule is CC1=CC2c3ccccc3C=CC2c2ccccc21. The molecule has 0 amide bonds. The fraction of sp³-hybridized carbons (Fsp3) is 0.158. The van der Waals surface area contributed by atoms with Crippen LogP contribution in [0.4, 0.5) is 0 Å². The minimum atomic E-state index is 0.495. The molecule has 2 atom stereocenters. The van der Waals surface area contributed by atoms with E-state index in [0.29, 0.717) is 11.8 Å². The van der Waals surface area contributed by atoms with Crippen LogP contribution in [0.1, 0.15) is 41.0 Å². The van der Waals surface area contributed by atoms with Crippen molar-refractivity contribution in [3.05, 3.63) is 82.9 Å². The number of benzene rings is 2. The molecule has 0 radical (unpaired) electrons. The first-order valence-corrected chi connectivity index (χ1v) is 6.89. The molecule has 0 bridgehead atoms. The summed E-state index contributed by atoms with van der Waals surface area (Å²) >= 11 is 0. The average molecular weight is 244 g/mol. The van der Waals surface area contributed by atoms with Crippen LogP contribution in [0.3, 0.4) is 0 Å². The molecule has 0 nitrogen and oxygen atoms in total. The van der Waals surface area contributed by atoms with Gasteiger partial charge in [-0.3, -0.25) is 0 Å². The van der Waals surface area contributed by atoms with E-state index in [9.17, 15) is 0 Å². The molecule has 19 heavy (non-hydrogen) atoms. The Morgan fingerprint density at radius 3 is 2.42 bits per heavy atom. The first kappa shape index (κ1) is 10.8. The van der Waals surface area contributed by atoms with E-state index in [0.717, 1.165) is 0 Å². The molecule has 0 saturated carbocycles. The van der Waals surface area contributed by atoms with Crippen molar-refractivity contribution in [1.29, 1.82) is 0 Å². The van der Waals surface area contributed by atoms with Gasteiger partial charge in [0.1, 0.15) is 0 Å². The molecule has 0 aromatic heterocycles. The summed E-state index contributed by atoms with van der Waals surface area (Å²) in [5, 5.41) is 0.